The van der Waals surface area contributed by atoms with Crippen LogP contribution < -0.4 is 5.32 Å². The fourth-order valence-electron chi connectivity index (χ4n) is 2.14. The van der Waals surface area contributed by atoms with E-state index in [9.17, 15) is 0 Å². The molecule has 5 heteroatoms. The van der Waals surface area contributed by atoms with Crippen LogP contribution in [0.25, 0.3) is 0 Å². The predicted molar refractivity (Wildman–Crippen MR) is 76.1 cm³/mol. The van der Waals surface area contributed by atoms with Crippen LogP contribution in [-0.2, 0) is 13.0 Å². The molecule has 0 bridgehead atoms. The van der Waals surface area contributed by atoms with Crippen LogP contribution in [0.2, 0.25) is 0 Å². The van der Waals surface area contributed by atoms with Gasteiger partial charge >= 0.3 is 0 Å². The SMILES string of the molecule is CCCc1csc(CN2CCNC(C)C2)n1.Cl. The molecule has 1 saturated heterocycles. The number of halogens is 1. The van der Waals surface area contributed by atoms with Gasteiger partial charge in [-0.25, -0.2) is 4.98 Å². The molecule has 0 spiro atoms. The molecule has 1 aliphatic heterocycles. The smallest absolute Gasteiger partial charge is 0.107 e. The van der Waals surface area contributed by atoms with Crippen LogP contribution in [0.5, 0.6) is 0 Å². The molecule has 1 aromatic rings. The Balaban J connectivity index is 0.00000144. The van der Waals surface area contributed by atoms with Crippen LogP contribution >= 0.6 is 23.7 Å². The Morgan fingerprint density at radius 1 is 1.59 bits per heavy atom. The summed E-state index contributed by atoms with van der Waals surface area (Å²) in [5.74, 6) is 0. The second-order valence-corrected chi connectivity index (χ2v) is 5.52. The minimum absolute atomic E-state index is 0. The molecule has 0 saturated carbocycles. The van der Waals surface area contributed by atoms with E-state index in [4.69, 9.17) is 0 Å². The van der Waals surface area contributed by atoms with Gasteiger partial charge in [0.05, 0.1) is 12.2 Å². The lowest BCUT2D eigenvalue weighted by molar-refractivity contribution is 0.199. The number of hydrogen-bond acceptors (Lipinski definition) is 4. The quantitative estimate of drug-likeness (QED) is 0.914. The standard InChI is InChI=1S/C12H21N3S.ClH/c1-3-4-11-9-16-12(14-11)8-15-6-5-13-10(2)7-15;/h9-10,13H,3-8H2,1-2H3;1H. The van der Waals surface area contributed by atoms with Gasteiger partial charge in [0, 0.05) is 31.1 Å². The van der Waals surface area contributed by atoms with E-state index < -0.39 is 0 Å². The van der Waals surface area contributed by atoms with Crippen LogP contribution in [0.1, 0.15) is 31.0 Å². The van der Waals surface area contributed by atoms with Gasteiger partial charge in [0.15, 0.2) is 0 Å². The summed E-state index contributed by atoms with van der Waals surface area (Å²) >= 11 is 1.81. The maximum Gasteiger partial charge on any atom is 0.107 e. The summed E-state index contributed by atoms with van der Waals surface area (Å²) in [6.45, 7) is 8.87. The minimum Gasteiger partial charge on any atom is -0.312 e. The fraction of sp³-hybridized carbons (Fsp3) is 0.750. The van der Waals surface area contributed by atoms with Gasteiger partial charge in [-0.3, -0.25) is 4.90 Å². The van der Waals surface area contributed by atoms with Crippen molar-refractivity contribution in [1.29, 1.82) is 0 Å². The van der Waals surface area contributed by atoms with Crippen LogP contribution in [0.3, 0.4) is 0 Å². The van der Waals surface area contributed by atoms with Crippen LogP contribution in [0.4, 0.5) is 0 Å². The average molecular weight is 276 g/mol. The van der Waals surface area contributed by atoms with Crippen molar-refractivity contribution < 1.29 is 0 Å². The van der Waals surface area contributed by atoms with E-state index in [0.717, 1.165) is 32.6 Å². The molecule has 1 N–H and O–H groups in total. The molecular formula is C12H22ClN3S. The zero-order valence-corrected chi connectivity index (χ0v) is 12.2. The maximum absolute atomic E-state index is 4.68. The summed E-state index contributed by atoms with van der Waals surface area (Å²) in [5, 5.41) is 6.95. The Labute approximate surface area is 114 Å². The molecule has 1 fully saturated rings. The highest BCUT2D eigenvalue weighted by Gasteiger charge is 2.16. The molecular weight excluding hydrogens is 254 g/mol. The largest absolute Gasteiger partial charge is 0.312 e. The molecule has 0 aromatic carbocycles. The van der Waals surface area contributed by atoms with Crippen molar-refractivity contribution in [3.05, 3.63) is 16.1 Å². The van der Waals surface area contributed by atoms with Crippen molar-refractivity contribution in [3.63, 3.8) is 0 Å². The van der Waals surface area contributed by atoms with E-state index in [2.05, 4.69) is 34.4 Å². The Hall–Kier alpha value is -0.160. The molecule has 1 aromatic heterocycles. The van der Waals surface area contributed by atoms with E-state index in [1.165, 1.54) is 17.1 Å². The average Bonchev–Trinajstić information content (AvgIpc) is 2.66. The van der Waals surface area contributed by atoms with E-state index in [1.807, 2.05) is 11.3 Å². The third-order valence-corrected chi connectivity index (χ3v) is 3.80. The molecule has 2 rings (SSSR count). The van der Waals surface area contributed by atoms with Crippen molar-refractivity contribution in [2.24, 2.45) is 0 Å². The van der Waals surface area contributed by atoms with Gasteiger partial charge in [-0.05, 0) is 13.3 Å². The number of aromatic nitrogens is 1. The lowest BCUT2D eigenvalue weighted by Crippen LogP contribution is -2.48. The number of rotatable bonds is 4. The van der Waals surface area contributed by atoms with E-state index in [0.29, 0.717) is 6.04 Å². The molecule has 0 aliphatic carbocycles. The van der Waals surface area contributed by atoms with Crippen molar-refractivity contribution >= 4 is 23.7 Å². The number of hydrogen-bond donors (Lipinski definition) is 1. The van der Waals surface area contributed by atoms with Gasteiger partial charge in [-0.1, -0.05) is 13.3 Å². The first kappa shape index (κ1) is 14.9. The predicted octanol–water partition coefficient (Wildman–Crippen LogP) is 2.31. The van der Waals surface area contributed by atoms with Gasteiger partial charge in [0.1, 0.15) is 5.01 Å². The second kappa shape index (κ2) is 7.31. The van der Waals surface area contributed by atoms with Gasteiger partial charge < -0.3 is 5.32 Å². The number of nitrogens with one attached hydrogen (secondary N) is 1. The molecule has 98 valence electrons. The lowest BCUT2D eigenvalue weighted by Gasteiger charge is -2.31. The summed E-state index contributed by atoms with van der Waals surface area (Å²) in [4.78, 5) is 7.17. The van der Waals surface area contributed by atoms with Crippen molar-refractivity contribution in [3.8, 4) is 0 Å². The van der Waals surface area contributed by atoms with Gasteiger partial charge in [-0.15, -0.1) is 23.7 Å². The van der Waals surface area contributed by atoms with Crippen LogP contribution in [0.15, 0.2) is 5.38 Å². The highest BCUT2D eigenvalue weighted by molar-refractivity contribution is 7.09. The molecule has 0 radical (unpaired) electrons. The van der Waals surface area contributed by atoms with Gasteiger partial charge in [0.2, 0.25) is 0 Å². The highest BCUT2D eigenvalue weighted by Crippen LogP contribution is 2.14. The van der Waals surface area contributed by atoms with Gasteiger partial charge in [-0.2, -0.15) is 0 Å². The number of nitrogens with zero attached hydrogens (tertiary/aromatic N) is 2. The summed E-state index contributed by atoms with van der Waals surface area (Å²) < 4.78 is 0. The van der Waals surface area contributed by atoms with Crippen molar-refractivity contribution in [2.45, 2.75) is 39.3 Å². The molecule has 17 heavy (non-hydrogen) atoms. The topological polar surface area (TPSA) is 28.2 Å². The third kappa shape index (κ3) is 4.54. The van der Waals surface area contributed by atoms with Crippen LogP contribution in [-0.4, -0.2) is 35.6 Å². The summed E-state index contributed by atoms with van der Waals surface area (Å²) in [5.41, 5.74) is 1.27. The highest BCUT2D eigenvalue weighted by atomic mass is 35.5. The van der Waals surface area contributed by atoms with Crippen molar-refractivity contribution in [1.82, 2.24) is 15.2 Å². The summed E-state index contributed by atoms with van der Waals surface area (Å²) in [7, 11) is 0. The molecule has 3 nitrogen and oxygen atoms in total. The summed E-state index contributed by atoms with van der Waals surface area (Å²) in [6, 6.07) is 0.615. The van der Waals surface area contributed by atoms with Gasteiger partial charge in [0.25, 0.3) is 0 Å². The van der Waals surface area contributed by atoms with E-state index in [1.54, 1.807) is 0 Å². The van der Waals surface area contributed by atoms with Crippen molar-refractivity contribution in [2.75, 3.05) is 19.6 Å². The first-order valence-corrected chi connectivity index (χ1v) is 7.05. The van der Waals surface area contributed by atoms with E-state index in [-0.39, 0.29) is 12.4 Å². The molecule has 1 atom stereocenters. The second-order valence-electron chi connectivity index (χ2n) is 4.57. The maximum atomic E-state index is 4.68. The zero-order chi connectivity index (χ0) is 11.4. The Morgan fingerprint density at radius 2 is 2.41 bits per heavy atom. The first-order valence-electron chi connectivity index (χ1n) is 6.17. The molecule has 1 aliphatic rings. The third-order valence-electron chi connectivity index (χ3n) is 2.92. The monoisotopic (exact) mass is 275 g/mol. The van der Waals surface area contributed by atoms with Crippen LogP contribution in [0, 0.1) is 0 Å². The number of aryl methyl sites for hydroxylation is 1. The molecule has 2 heterocycles. The Morgan fingerprint density at radius 3 is 3.12 bits per heavy atom. The normalized spacial score (nSPS) is 21.2. The fourth-order valence-corrected chi connectivity index (χ4v) is 3.01. The lowest BCUT2D eigenvalue weighted by atomic mass is 10.2. The molecule has 0 amide bonds. The minimum atomic E-state index is 0. The Kier molecular flexibility index (Phi) is 6.41. The summed E-state index contributed by atoms with van der Waals surface area (Å²) in [6.07, 6.45) is 2.31. The number of thiazole rings is 1. The van der Waals surface area contributed by atoms with E-state index >= 15 is 0 Å². The number of piperazine rings is 1. The zero-order valence-electron chi connectivity index (χ0n) is 10.6. The molecule has 1 unspecified atom stereocenters. The first-order chi connectivity index (χ1) is 7.78. The Bertz CT molecular complexity index is 329.